The molecule has 0 spiro atoms. The molecule has 1 aliphatic rings. The number of para-hydroxylation sites is 1. The monoisotopic (exact) mass is 448 g/mol. The van der Waals surface area contributed by atoms with E-state index >= 15 is 0 Å². The average Bonchev–Trinajstić information content (AvgIpc) is 2.85. The highest BCUT2D eigenvalue weighted by Crippen LogP contribution is 2.35. The summed E-state index contributed by atoms with van der Waals surface area (Å²) in [7, 11) is 0. The van der Waals surface area contributed by atoms with E-state index in [2.05, 4.69) is 37.4 Å². The van der Waals surface area contributed by atoms with Crippen molar-refractivity contribution in [3.8, 4) is 0 Å². The SMILES string of the molecule is CCCCCCCCCCCCCCCCCC=Nc1c2c(nc3ccccc13)CCCC2. The summed E-state index contributed by atoms with van der Waals surface area (Å²) in [5, 5.41) is 1.23. The quantitative estimate of drug-likeness (QED) is 0.174. The van der Waals surface area contributed by atoms with E-state index in [4.69, 9.17) is 9.98 Å². The molecule has 0 saturated heterocycles. The van der Waals surface area contributed by atoms with Gasteiger partial charge < -0.3 is 0 Å². The highest BCUT2D eigenvalue weighted by atomic mass is 14.8. The van der Waals surface area contributed by atoms with E-state index < -0.39 is 0 Å². The maximum atomic E-state index is 4.99. The highest BCUT2D eigenvalue weighted by molar-refractivity contribution is 5.93. The van der Waals surface area contributed by atoms with Gasteiger partial charge in [0, 0.05) is 17.3 Å². The first kappa shape index (κ1) is 25.9. The third-order valence-corrected chi connectivity index (χ3v) is 7.30. The van der Waals surface area contributed by atoms with Crippen LogP contribution in [0.4, 0.5) is 5.69 Å². The molecule has 0 fully saturated rings. The number of aromatic nitrogens is 1. The van der Waals surface area contributed by atoms with Gasteiger partial charge in [0.15, 0.2) is 0 Å². The number of hydrogen-bond acceptors (Lipinski definition) is 2. The molecule has 1 aliphatic carbocycles. The van der Waals surface area contributed by atoms with Gasteiger partial charge in [0.25, 0.3) is 0 Å². The van der Waals surface area contributed by atoms with Gasteiger partial charge in [-0.2, -0.15) is 0 Å². The van der Waals surface area contributed by atoms with Crippen LogP contribution in [0.3, 0.4) is 0 Å². The number of benzene rings is 1. The lowest BCUT2D eigenvalue weighted by Crippen LogP contribution is -2.06. The fourth-order valence-electron chi connectivity index (χ4n) is 5.26. The minimum Gasteiger partial charge on any atom is -0.260 e. The molecule has 33 heavy (non-hydrogen) atoms. The number of rotatable bonds is 17. The summed E-state index contributed by atoms with van der Waals surface area (Å²) < 4.78 is 0. The number of unbranched alkanes of at least 4 members (excludes halogenated alkanes) is 15. The number of aryl methyl sites for hydroxylation is 1. The number of aliphatic imine (C=N–C) groups is 1. The number of pyridine rings is 1. The summed E-state index contributed by atoms with van der Waals surface area (Å²) in [4.78, 5) is 9.92. The normalized spacial score (nSPS) is 13.7. The third-order valence-electron chi connectivity index (χ3n) is 7.30. The van der Waals surface area contributed by atoms with E-state index in [1.54, 1.807) is 0 Å². The van der Waals surface area contributed by atoms with Crippen LogP contribution < -0.4 is 0 Å². The predicted molar refractivity (Wildman–Crippen MR) is 146 cm³/mol. The van der Waals surface area contributed by atoms with Crippen molar-refractivity contribution in [3.63, 3.8) is 0 Å². The van der Waals surface area contributed by atoms with Crippen LogP contribution in [0.2, 0.25) is 0 Å². The summed E-state index contributed by atoms with van der Waals surface area (Å²) in [5.41, 5.74) is 5.01. The summed E-state index contributed by atoms with van der Waals surface area (Å²) in [5.74, 6) is 0. The molecule has 1 aromatic carbocycles. The molecule has 2 aromatic rings. The zero-order valence-corrected chi connectivity index (χ0v) is 21.4. The van der Waals surface area contributed by atoms with Crippen molar-refractivity contribution in [3.05, 3.63) is 35.5 Å². The van der Waals surface area contributed by atoms with E-state index in [-0.39, 0.29) is 0 Å². The smallest absolute Gasteiger partial charge is 0.0769 e. The fourth-order valence-corrected chi connectivity index (χ4v) is 5.26. The van der Waals surface area contributed by atoms with Crippen LogP contribution in [0.25, 0.3) is 10.9 Å². The summed E-state index contributed by atoms with van der Waals surface area (Å²) in [6, 6.07) is 8.54. The van der Waals surface area contributed by atoms with Crippen molar-refractivity contribution in [2.45, 2.75) is 135 Å². The molecular weight excluding hydrogens is 400 g/mol. The Morgan fingerprint density at radius 3 is 1.97 bits per heavy atom. The van der Waals surface area contributed by atoms with Gasteiger partial charge in [-0.15, -0.1) is 0 Å². The minimum atomic E-state index is 1.10. The minimum absolute atomic E-state index is 1.10. The molecule has 3 rings (SSSR count). The van der Waals surface area contributed by atoms with Crippen molar-refractivity contribution in [1.29, 1.82) is 0 Å². The van der Waals surface area contributed by atoms with Crippen LogP contribution in [-0.4, -0.2) is 11.2 Å². The second-order valence-corrected chi connectivity index (χ2v) is 10.2. The van der Waals surface area contributed by atoms with Crippen LogP contribution in [0, 0.1) is 0 Å². The van der Waals surface area contributed by atoms with Crippen LogP contribution in [0.5, 0.6) is 0 Å². The van der Waals surface area contributed by atoms with Crippen LogP contribution in [0.1, 0.15) is 134 Å². The molecule has 182 valence electrons. The summed E-state index contributed by atoms with van der Waals surface area (Å²) in [6.45, 7) is 2.30. The van der Waals surface area contributed by atoms with Crippen molar-refractivity contribution in [2.75, 3.05) is 0 Å². The van der Waals surface area contributed by atoms with Gasteiger partial charge in [0.2, 0.25) is 0 Å². The molecule has 0 saturated carbocycles. The van der Waals surface area contributed by atoms with Crippen LogP contribution in [0.15, 0.2) is 29.3 Å². The molecule has 2 heteroatoms. The molecule has 1 heterocycles. The largest absolute Gasteiger partial charge is 0.260 e. The first-order valence-electron chi connectivity index (χ1n) is 14.3. The van der Waals surface area contributed by atoms with Gasteiger partial charge in [0.1, 0.15) is 0 Å². The lowest BCUT2D eigenvalue weighted by atomic mass is 9.93. The first-order chi connectivity index (χ1) is 16.4. The Kier molecular flexibility index (Phi) is 12.6. The van der Waals surface area contributed by atoms with Crippen molar-refractivity contribution in [2.24, 2.45) is 4.99 Å². The maximum absolute atomic E-state index is 4.99. The van der Waals surface area contributed by atoms with Gasteiger partial charge in [0.05, 0.1) is 11.2 Å². The standard InChI is InChI=1S/C31H48N2/c1-2-3-4-5-6-7-8-9-10-11-12-13-14-15-16-21-26-32-31-27-22-17-19-24-29(27)33-30-25-20-18-23-28(30)31/h17,19,22,24,26H,2-16,18,20-21,23,25H2,1H3. The second kappa shape index (κ2) is 16.0. The van der Waals surface area contributed by atoms with Crippen molar-refractivity contribution in [1.82, 2.24) is 4.98 Å². The third kappa shape index (κ3) is 9.22. The molecular formula is C31H48N2. The molecule has 0 atom stereocenters. The molecule has 1 aromatic heterocycles. The van der Waals surface area contributed by atoms with Gasteiger partial charge in [-0.25, -0.2) is 0 Å². The highest BCUT2D eigenvalue weighted by Gasteiger charge is 2.17. The van der Waals surface area contributed by atoms with E-state index in [9.17, 15) is 0 Å². The number of fused-ring (bicyclic) bond motifs is 2. The van der Waals surface area contributed by atoms with Crippen molar-refractivity contribution < 1.29 is 0 Å². The van der Waals surface area contributed by atoms with Crippen LogP contribution >= 0.6 is 0 Å². The Morgan fingerprint density at radius 2 is 1.30 bits per heavy atom. The Balaban J connectivity index is 1.25. The van der Waals surface area contributed by atoms with Gasteiger partial charge in [-0.3, -0.25) is 9.98 Å². The molecule has 0 aliphatic heterocycles. The van der Waals surface area contributed by atoms with Crippen LogP contribution in [-0.2, 0) is 12.8 Å². The lowest BCUT2D eigenvalue weighted by molar-refractivity contribution is 0.533. The number of nitrogens with zero attached hydrogens (tertiary/aromatic N) is 2. The molecule has 0 amide bonds. The average molecular weight is 449 g/mol. The van der Waals surface area contributed by atoms with Gasteiger partial charge in [-0.05, 0) is 50.2 Å². The molecule has 0 N–H and O–H groups in total. The zero-order chi connectivity index (χ0) is 23.0. The Labute approximate surface area is 203 Å². The van der Waals surface area contributed by atoms with Gasteiger partial charge >= 0.3 is 0 Å². The Hall–Kier alpha value is -1.70. The molecule has 2 nitrogen and oxygen atoms in total. The van der Waals surface area contributed by atoms with E-state index in [0.717, 1.165) is 24.8 Å². The molecule has 0 bridgehead atoms. The van der Waals surface area contributed by atoms with E-state index in [0.29, 0.717) is 0 Å². The predicted octanol–water partition coefficient (Wildman–Crippen LogP) is 10.1. The fraction of sp³-hybridized carbons (Fsp3) is 0.677. The molecule has 0 radical (unpaired) electrons. The first-order valence-corrected chi connectivity index (χ1v) is 14.3. The van der Waals surface area contributed by atoms with Gasteiger partial charge in [-0.1, -0.05) is 115 Å². The Morgan fingerprint density at radius 1 is 0.727 bits per heavy atom. The molecule has 0 unspecified atom stereocenters. The van der Waals surface area contributed by atoms with E-state index in [1.165, 1.54) is 131 Å². The summed E-state index contributed by atoms with van der Waals surface area (Å²) >= 11 is 0. The van der Waals surface area contributed by atoms with Crippen molar-refractivity contribution >= 4 is 22.8 Å². The number of hydrogen-bond donors (Lipinski definition) is 0. The zero-order valence-electron chi connectivity index (χ0n) is 21.4. The topological polar surface area (TPSA) is 25.2 Å². The Bertz CT molecular complexity index is 823. The van der Waals surface area contributed by atoms with E-state index in [1.807, 2.05) is 0 Å². The maximum Gasteiger partial charge on any atom is 0.0769 e. The summed E-state index contributed by atoms with van der Waals surface area (Å²) in [6.07, 6.45) is 29.3. The lowest BCUT2D eigenvalue weighted by Gasteiger charge is -2.18. The second-order valence-electron chi connectivity index (χ2n) is 10.2.